The zero-order valence-electron chi connectivity index (χ0n) is 25.8. The number of anilines is 1. The van der Waals surface area contributed by atoms with E-state index in [0.29, 0.717) is 37.4 Å². The van der Waals surface area contributed by atoms with E-state index in [0.717, 1.165) is 70.0 Å². The zero-order valence-corrected chi connectivity index (χ0v) is 25.8. The van der Waals surface area contributed by atoms with Gasteiger partial charge in [-0.1, -0.05) is 71.6 Å². The van der Waals surface area contributed by atoms with Gasteiger partial charge in [0.15, 0.2) is 0 Å². The van der Waals surface area contributed by atoms with Crippen LogP contribution in [0.1, 0.15) is 122 Å². The largest absolute Gasteiger partial charge is 0.481 e. The molecule has 7 N–H and O–H groups in total. The summed E-state index contributed by atoms with van der Waals surface area (Å²) in [5.41, 5.74) is 6.07. The van der Waals surface area contributed by atoms with E-state index in [1.165, 1.54) is 25.7 Å². The first-order chi connectivity index (χ1) is 19.7. The van der Waals surface area contributed by atoms with Gasteiger partial charge in [0.05, 0.1) is 23.7 Å². The standard InChI is InChI=1S/C33H59N3O5/c1-3-5-6-7-10-13-28(37)14-11-8-9-12-15-29(32(39)40)30(38)16-18-33(41)22-26(27(23-33)24-35-4-2)20-25-17-19-36-31(34)21-25/h17,19,21,26-30,35,37-38,41H,3-16,18,20,22-24H2,1-2H3,(H2,34,36)(H,39,40)/t26-,27+,28+,29+,30-,33+/m1/s1. The predicted molar refractivity (Wildman–Crippen MR) is 166 cm³/mol. The third-order valence-corrected chi connectivity index (χ3v) is 9.08. The molecule has 1 fully saturated rings. The van der Waals surface area contributed by atoms with E-state index < -0.39 is 23.6 Å². The summed E-state index contributed by atoms with van der Waals surface area (Å²) in [7, 11) is 0. The summed E-state index contributed by atoms with van der Waals surface area (Å²) < 4.78 is 0. The number of nitrogens with zero attached hydrogens (tertiary/aromatic N) is 1. The van der Waals surface area contributed by atoms with Crippen LogP contribution in [0.25, 0.3) is 0 Å². The van der Waals surface area contributed by atoms with Crippen molar-refractivity contribution in [2.75, 3.05) is 18.8 Å². The number of rotatable bonds is 23. The van der Waals surface area contributed by atoms with Gasteiger partial charge in [0, 0.05) is 6.20 Å². The van der Waals surface area contributed by atoms with E-state index >= 15 is 0 Å². The smallest absolute Gasteiger partial charge is 0.309 e. The van der Waals surface area contributed by atoms with Crippen LogP contribution in [0.15, 0.2) is 18.3 Å². The molecule has 8 heteroatoms. The maximum Gasteiger partial charge on any atom is 0.309 e. The van der Waals surface area contributed by atoms with Crippen LogP contribution in [0.3, 0.4) is 0 Å². The topological polar surface area (TPSA) is 149 Å². The number of aliphatic hydroxyl groups excluding tert-OH is 2. The summed E-state index contributed by atoms with van der Waals surface area (Å²) >= 11 is 0. The van der Waals surface area contributed by atoms with E-state index in [9.17, 15) is 25.2 Å². The molecule has 1 saturated carbocycles. The minimum atomic E-state index is -0.975. The van der Waals surface area contributed by atoms with Crippen molar-refractivity contribution in [2.45, 2.75) is 141 Å². The molecule has 1 aliphatic carbocycles. The number of carboxylic acid groups (broad SMARTS) is 1. The SMILES string of the molecule is CCCCCCC[C@H](O)CCCCCC[C@H](C(=O)O)[C@H](O)CC[C@@]1(O)C[C@@H](CNCC)[C@H](Cc2ccnc(N)c2)C1. The molecular formula is C33H59N3O5. The van der Waals surface area contributed by atoms with Crippen LogP contribution in [0.2, 0.25) is 0 Å². The summed E-state index contributed by atoms with van der Waals surface area (Å²) in [6, 6.07) is 3.86. The second-order valence-corrected chi connectivity index (χ2v) is 12.7. The number of hydrogen-bond acceptors (Lipinski definition) is 7. The maximum atomic E-state index is 12.0. The number of aliphatic carboxylic acids is 1. The van der Waals surface area contributed by atoms with Crippen LogP contribution in [0.5, 0.6) is 0 Å². The molecule has 2 rings (SSSR count). The molecular weight excluding hydrogens is 518 g/mol. The zero-order chi connectivity index (χ0) is 30.1. The van der Waals surface area contributed by atoms with Crippen molar-refractivity contribution in [3.63, 3.8) is 0 Å². The van der Waals surface area contributed by atoms with Crippen molar-refractivity contribution in [1.82, 2.24) is 10.3 Å². The van der Waals surface area contributed by atoms with Gasteiger partial charge in [0.25, 0.3) is 0 Å². The Hall–Kier alpha value is -1.74. The number of nitrogens with one attached hydrogen (secondary N) is 1. The lowest BCUT2D eigenvalue weighted by Crippen LogP contribution is -2.33. The van der Waals surface area contributed by atoms with Gasteiger partial charge in [-0.3, -0.25) is 4.79 Å². The molecule has 1 aromatic heterocycles. The lowest BCUT2D eigenvalue weighted by molar-refractivity contribution is -0.146. The predicted octanol–water partition coefficient (Wildman–Crippen LogP) is 5.48. The first-order valence-corrected chi connectivity index (χ1v) is 16.4. The van der Waals surface area contributed by atoms with Crippen LogP contribution in [0, 0.1) is 17.8 Å². The molecule has 8 nitrogen and oxygen atoms in total. The molecule has 0 aromatic carbocycles. The lowest BCUT2D eigenvalue weighted by Gasteiger charge is -2.26. The second kappa shape index (κ2) is 19.4. The van der Waals surface area contributed by atoms with E-state index in [-0.39, 0.29) is 18.4 Å². The Kier molecular flexibility index (Phi) is 16.8. The third kappa shape index (κ3) is 13.9. The van der Waals surface area contributed by atoms with Crippen molar-refractivity contribution >= 4 is 11.8 Å². The average Bonchev–Trinajstić information content (AvgIpc) is 3.24. The number of carbonyl (C=O) groups is 1. The number of nitrogen functional groups attached to an aromatic ring is 1. The molecule has 1 aliphatic rings. The number of aliphatic hydroxyl groups is 3. The first-order valence-electron chi connectivity index (χ1n) is 16.4. The molecule has 0 saturated heterocycles. The molecule has 41 heavy (non-hydrogen) atoms. The highest BCUT2D eigenvalue weighted by Gasteiger charge is 2.44. The Balaban J connectivity index is 1.75. The monoisotopic (exact) mass is 577 g/mol. The molecule has 6 atom stereocenters. The molecule has 1 heterocycles. The van der Waals surface area contributed by atoms with Gasteiger partial charge in [0.2, 0.25) is 0 Å². The lowest BCUT2D eigenvalue weighted by atomic mass is 9.86. The van der Waals surface area contributed by atoms with Crippen molar-refractivity contribution in [2.24, 2.45) is 17.8 Å². The Morgan fingerprint density at radius 2 is 1.63 bits per heavy atom. The second-order valence-electron chi connectivity index (χ2n) is 12.7. The molecule has 0 unspecified atom stereocenters. The third-order valence-electron chi connectivity index (χ3n) is 9.08. The number of hydrogen-bond donors (Lipinski definition) is 6. The number of pyridine rings is 1. The van der Waals surface area contributed by atoms with Gasteiger partial charge in [-0.2, -0.15) is 0 Å². The normalized spacial score (nSPS) is 23.0. The van der Waals surface area contributed by atoms with Crippen LogP contribution in [0.4, 0.5) is 5.82 Å². The van der Waals surface area contributed by atoms with Gasteiger partial charge in [0.1, 0.15) is 5.82 Å². The number of carboxylic acids is 1. The highest BCUT2D eigenvalue weighted by atomic mass is 16.4. The van der Waals surface area contributed by atoms with Crippen LogP contribution < -0.4 is 11.1 Å². The Morgan fingerprint density at radius 1 is 1.00 bits per heavy atom. The van der Waals surface area contributed by atoms with E-state index in [2.05, 4.69) is 24.1 Å². The van der Waals surface area contributed by atoms with E-state index in [1.807, 2.05) is 12.1 Å². The summed E-state index contributed by atoms with van der Waals surface area (Å²) in [4.78, 5) is 16.0. The fourth-order valence-electron chi connectivity index (χ4n) is 6.65. The van der Waals surface area contributed by atoms with Gasteiger partial charge in [-0.25, -0.2) is 4.98 Å². The molecule has 236 valence electrons. The van der Waals surface area contributed by atoms with Gasteiger partial charge >= 0.3 is 5.97 Å². The van der Waals surface area contributed by atoms with Gasteiger partial charge < -0.3 is 31.5 Å². The molecule has 0 radical (unpaired) electrons. The molecule has 0 spiro atoms. The summed E-state index contributed by atoms with van der Waals surface area (Å²) in [6.07, 6.45) is 15.0. The highest BCUT2D eigenvalue weighted by molar-refractivity contribution is 5.70. The maximum absolute atomic E-state index is 12.0. The highest BCUT2D eigenvalue weighted by Crippen LogP contribution is 2.44. The van der Waals surface area contributed by atoms with E-state index in [1.54, 1.807) is 6.20 Å². The van der Waals surface area contributed by atoms with Crippen molar-refractivity contribution < 1.29 is 25.2 Å². The van der Waals surface area contributed by atoms with Gasteiger partial charge in [-0.15, -0.1) is 0 Å². The summed E-state index contributed by atoms with van der Waals surface area (Å²) in [5.74, 6) is -0.726. The molecule has 0 bridgehead atoms. The Morgan fingerprint density at radius 3 is 2.24 bits per heavy atom. The van der Waals surface area contributed by atoms with Crippen molar-refractivity contribution in [3.05, 3.63) is 23.9 Å². The fourth-order valence-corrected chi connectivity index (χ4v) is 6.65. The molecule has 1 aromatic rings. The van der Waals surface area contributed by atoms with Crippen LogP contribution in [-0.2, 0) is 11.2 Å². The number of unbranched alkanes of at least 4 members (excludes halogenated alkanes) is 7. The minimum absolute atomic E-state index is 0.230. The summed E-state index contributed by atoms with van der Waals surface area (Å²) in [5, 5.41) is 45.8. The number of aromatic nitrogens is 1. The number of nitrogens with two attached hydrogens (primary N) is 1. The Labute approximate surface area is 248 Å². The average molecular weight is 578 g/mol. The van der Waals surface area contributed by atoms with Gasteiger partial charge in [-0.05, 0) is 94.0 Å². The Bertz CT molecular complexity index is 856. The molecule has 0 amide bonds. The minimum Gasteiger partial charge on any atom is -0.481 e. The van der Waals surface area contributed by atoms with E-state index in [4.69, 9.17) is 5.73 Å². The van der Waals surface area contributed by atoms with Crippen molar-refractivity contribution in [1.29, 1.82) is 0 Å². The fraction of sp³-hybridized carbons (Fsp3) is 0.818. The van der Waals surface area contributed by atoms with Crippen LogP contribution in [-0.4, -0.2) is 62.3 Å². The summed E-state index contributed by atoms with van der Waals surface area (Å²) in [6.45, 7) is 5.96. The van der Waals surface area contributed by atoms with Crippen LogP contribution >= 0.6 is 0 Å². The molecule has 0 aliphatic heterocycles. The quantitative estimate of drug-likeness (QED) is 0.0937. The first kappa shape index (κ1) is 35.5. The van der Waals surface area contributed by atoms with Crippen molar-refractivity contribution in [3.8, 4) is 0 Å².